The molecule has 19 heavy (non-hydrogen) atoms. The predicted molar refractivity (Wildman–Crippen MR) is 67.0 cm³/mol. The topological polar surface area (TPSA) is 55.6 Å². The van der Waals surface area contributed by atoms with E-state index in [2.05, 4.69) is 0 Å². The van der Waals surface area contributed by atoms with Crippen LogP contribution in [0.25, 0.3) is 0 Å². The van der Waals surface area contributed by atoms with Crippen molar-refractivity contribution in [1.29, 1.82) is 0 Å². The fraction of sp³-hybridized carbons (Fsp3) is 0.923. The van der Waals surface area contributed by atoms with Gasteiger partial charge in [0.2, 0.25) is 0 Å². The van der Waals surface area contributed by atoms with E-state index in [4.69, 9.17) is 10.5 Å². The minimum atomic E-state index is -2.79. The van der Waals surface area contributed by atoms with Gasteiger partial charge in [-0.1, -0.05) is 0 Å². The van der Waals surface area contributed by atoms with Crippen molar-refractivity contribution in [3.05, 3.63) is 0 Å². The van der Waals surface area contributed by atoms with Crippen LogP contribution in [0, 0.1) is 5.41 Å². The van der Waals surface area contributed by atoms with Crippen molar-refractivity contribution in [3.8, 4) is 0 Å². The molecule has 1 amide bonds. The summed E-state index contributed by atoms with van der Waals surface area (Å²) in [5.41, 5.74) is 3.92. The lowest BCUT2D eigenvalue weighted by atomic mass is 9.65. The highest BCUT2D eigenvalue weighted by Crippen LogP contribution is 2.53. The molecule has 0 aromatic heterocycles. The summed E-state index contributed by atoms with van der Waals surface area (Å²) in [4.78, 5) is 13.1. The zero-order chi connectivity index (χ0) is 14.5. The van der Waals surface area contributed by atoms with E-state index in [0.29, 0.717) is 12.8 Å². The number of carbonyl (C=O) groups excluding carboxylic acids is 1. The molecular formula is C13H22F2N2O2. The highest BCUT2D eigenvalue weighted by molar-refractivity contribution is 5.69. The lowest BCUT2D eigenvalue weighted by molar-refractivity contribution is -0.208. The highest BCUT2D eigenvalue weighted by atomic mass is 19.3. The van der Waals surface area contributed by atoms with Crippen molar-refractivity contribution in [2.75, 3.05) is 13.1 Å². The van der Waals surface area contributed by atoms with Gasteiger partial charge in [0.05, 0.1) is 5.41 Å². The number of hydrogen-bond acceptors (Lipinski definition) is 3. The number of ether oxygens (including phenoxy) is 1. The van der Waals surface area contributed by atoms with Crippen LogP contribution in [0.4, 0.5) is 13.6 Å². The van der Waals surface area contributed by atoms with Gasteiger partial charge in [0, 0.05) is 25.6 Å². The Hall–Kier alpha value is -0.910. The molecule has 1 aliphatic heterocycles. The van der Waals surface area contributed by atoms with Crippen LogP contribution in [0.1, 0.15) is 40.0 Å². The number of alkyl halides is 2. The van der Waals surface area contributed by atoms with E-state index in [0.717, 1.165) is 0 Å². The summed E-state index contributed by atoms with van der Waals surface area (Å²) in [5.74, 6) is -2.79. The average molecular weight is 276 g/mol. The first-order chi connectivity index (χ1) is 8.55. The first-order valence-corrected chi connectivity index (χ1v) is 6.66. The van der Waals surface area contributed by atoms with Gasteiger partial charge in [0.25, 0.3) is 5.92 Å². The summed E-state index contributed by atoms with van der Waals surface area (Å²) in [6.45, 7) is 5.42. The molecule has 1 heterocycles. The van der Waals surface area contributed by atoms with Gasteiger partial charge in [0.15, 0.2) is 0 Å². The quantitative estimate of drug-likeness (QED) is 0.739. The van der Waals surface area contributed by atoms with Gasteiger partial charge in [-0.05, 0) is 33.6 Å². The third-order valence-corrected chi connectivity index (χ3v) is 3.93. The standard InChI is InChI=1S/C13H22F2N2O2/c1-11(2,3)19-10(18)17-7-12(8-17)5-4-9(16)6-13(12,14)15/h9H,4-8,16H2,1-3H3. The van der Waals surface area contributed by atoms with Crippen LogP contribution < -0.4 is 5.73 Å². The molecule has 1 aliphatic carbocycles. The maximum Gasteiger partial charge on any atom is 0.410 e. The van der Waals surface area contributed by atoms with Gasteiger partial charge in [0.1, 0.15) is 5.60 Å². The summed E-state index contributed by atoms with van der Waals surface area (Å²) in [6.07, 6.45) is 0.177. The maximum atomic E-state index is 14.1. The van der Waals surface area contributed by atoms with E-state index < -0.39 is 29.1 Å². The molecule has 2 aliphatic rings. The molecule has 2 N–H and O–H groups in total. The average Bonchev–Trinajstić information content (AvgIpc) is 2.09. The molecule has 0 radical (unpaired) electrons. The fourth-order valence-corrected chi connectivity index (χ4v) is 2.82. The second kappa shape index (κ2) is 4.30. The molecule has 1 atom stereocenters. The summed E-state index contributed by atoms with van der Waals surface area (Å²) < 4.78 is 33.3. The SMILES string of the molecule is CC(C)(C)OC(=O)N1CC2(CCC(N)CC2(F)F)C1. The van der Waals surface area contributed by atoms with E-state index in [9.17, 15) is 13.6 Å². The van der Waals surface area contributed by atoms with Crippen LogP contribution in [0.15, 0.2) is 0 Å². The molecule has 0 bridgehead atoms. The number of halogens is 2. The molecule has 0 aromatic rings. The van der Waals surface area contributed by atoms with Crippen LogP contribution in [-0.2, 0) is 4.74 Å². The number of hydrogen-bond donors (Lipinski definition) is 1. The molecule has 1 saturated carbocycles. The van der Waals surface area contributed by atoms with Crippen molar-refractivity contribution in [1.82, 2.24) is 4.90 Å². The van der Waals surface area contributed by atoms with Crippen LogP contribution in [0.5, 0.6) is 0 Å². The van der Waals surface area contributed by atoms with Gasteiger partial charge in [-0.2, -0.15) is 0 Å². The second-order valence-electron chi connectivity index (χ2n) is 6.82. The third-order valence-electron chi connectivity index (χ3n) is 3.93. The molecule has 0 aromatic carbocycles. The van der Waals surface area contributed by atoms with E-state index in [1.807, 2.05) is 0 Å². The zero-order valence-corrected chi connectivity index (χ0v) is 11.7. The van der Waals surface area contributed by atoms with Crippen molar-refractivity contribution in [2.45, 2.75) is 57.6 Å². The first kappa shape index (κ1) is 14.5. The van der Waals surface area contributed by atoms with Crippen LogP contribution in [0.3, 0.4) is 0 Å². The minimum absolute atomic E-state index is 0.0711. The minimum Gasteiger partial charge on any atom is -0.444 e. The molecule has 1 saturated heterocycles. The number of likely N-dealkylation sites (tertiary alicyclic amines) is 1. The van der Waals surface area contributed by atoms with E-state index in [1.54, 1.807) is 20.8 Å². The summed E-state index contributed by atoms with van der Waals surface area (Å²) in [5, 5.41) is 0. The van der Waals surface area contributed by atoms with Crippen LogP contribution in [-0.4, -0.2) is 41.6 Å². The van der Waals surface area contributed by atoms with Crippen molar-refractivity contribution < 1.29 is 18.3 Å². The molecule has 1 spiro atoms. The Morgan fingerprint density at radius 3 is 2.42 bits per heavy atom. The lowest BCUT2D eigenvalue weighted by Crippen LogP contribution is -2.68. The zero-order valence-electron chi connectivity index (χ0n) is 11.7. The van der Waals surface area contributed by atoms with Crippen molar-refractivity contribution >= 4 is 6.09 Å². The summed E-state index contributed by atoms with van der Waals surface area (Å²) in [6, 6.07) is -0.434. The molecule has 6 heteroatoms. The Morgan fingerprint density at radius 1 is 1.37 bits per heavy atom. The van der Waals surface area contributed by atoms with Gasteiger partial charge in [-0.15, -0.1) is 0 Å². The lowest BCUT2D eigenvalue weighted by Gasteiger charge is -2.56. The number of carbonyl (C=O) groups is 1. The summed E-state index contributed by atoms with van der Waals surface area (Å²) in [7, 11) is 0. The van der Waals surface area contributed by atoms with E-state index >= 15 is 0 Å². The number of amides is 1. The molecular weight excluding hydrogens is 254 g/mol. The molecule has 1 unspecified atom stereocenters. The molecule has 4 nitrogen and oxygen atoms in total. The van der Waals surface area contributed by atoms with Crippen LogP contribution >= 0.6 is 0 Å². The molecule has 2 fully saturated rings. The van der Waals surface area contributed by atoms with Gasteiger partial charge >= 0.3 is 6.09 Å². The van der Waals surface area contributed by atoms with Crippen molar-refractivity contribution in [3.63, 3.8) is 0 Å². The Balaban J connectivity index is 1.96. The maximum absolute atomic E-state index is 14.1. The smallest absolute Gasteiger partial charge is 0.410 e. The molecule has 110 valence electrons. The molecule has 2 rings (SSSR count). The third kappa shape index (κ3) is 2.68. The normalized spacial score (nSPS) is 28.9. The Morgan fingerprint density at radius 2 is 1.95 bits per heavy atom. The van der Waals surface area contributed by atoms with Crippen LogP contribution in [0.2, 0.25) is 0 Å². The summed E-state index contributed by atoms with van der Waals surface area (Å²) >= 11 is 0. The highest BCUT2D eigenvalue weighted by Gasteiger charge is 2.63. The number of nitrogens with two attached hydrogens (primary N) is 1. The van der Waals surface area contributed by atoms with Crippen molar-refractivity contribution in [2.24, 2.45) is 11.1 Å². The number of nitrogens with zero attached hydrogens (tertiary/aromatic N) is 1. The second-order valence-corrected chi connectivity index (χ2v) is 6.82. The Labute approximate surface area is 112 Å². The Kier molecular flexibility index (Phi) is 3.28. The van der Waals surface area contributed by atoms with E-state index in [1.165, 1.54) is 4.90 Å². The van der Waals surface area contributed by atoms with Gasteiger partial charge in [-0.3, -0.25) is 0 Å². The monoisotopic (exact) mass is 276 g/mol. The Bertz CT molecular complexity index is 373. The predicted octanol–water partition coefficient (Wildman–Crippen LogP) is 2.37. The fourth-order valence-electron chi connectivity index (χ4n) is 2.82. The first-order valence-electron chi connectivity index (χ1n) is 6.66. The number of rotatable bonds is 0. The largest absolute Gasteiger partial charge is 0.444 e. The van der Waals surface area contributed by atoms with Gasteiger partial charge < -0.3 is 15.4 Å². The van der Waals surface area contributed by atoms with E-state index in [-0.39, 0.29) is 19.5 Å². The van der Waals surface area contributed by atoms with Gasteiger partial charge in [-0.25, -0.2) is 13.6 Å².